The van der Waals surface area contributed by atoms with Gasteiger partial charge in [-0.3, -0.25) is 9.52 Å². The first-order valence-corrected chi connectivity index (χ1v) is 9.73. The number of alkyl halides is 3. The monoisotopic (exact) mass is 414 g/mol. The fourth-order valence-electron chi connectivity index (χ4n) is 2.90. The zero-order valence-electron chi connectivity index (χ0n) is 14.8. The highest BCUT2D eigenvalue weighted by Crippen LogP contribution is 2.27. The number of nitrogens with one attached hydrogen (secondary N) is 1. The van der Waals surface area contributed by atoms with Gasteiger partial charge in [0.2, 0.25) is 0 Å². The van der Waals surface area contributed by atoms with E-state index in [1.807, 2.05) is 6.07 Å². The number of methoxy groups -OCH3 is 1. The van der Waals surface area contributed by atoms with E-state index in [2.05, 4.69) is 0 Å². The minimum Gasteiger partial charge on any atom is -0.497 e. The number of carbonyl (C=O) groups excluding carboxylic acids is 1. The summed E-state index contributed by atoms with van der Waals surface area (Å²) < 4.78 is 66.1. The standard InChI is InChI=1S/C18H17F3N2O4S/c1-27-15-6-7-16-13(10-15)8-9-23(17(16)24)11-12-2-4-14(5-3-12)22-28(25,26)18(19,20)21/h2-7,10,22H,8-9,11H2,1H3. The number of benzene rings is 2. The van der Waals surface area contributed by atoms with Crippen LogP contribution in [0.25, 0.3) is 0 Å². The third kappa shape index (κ3) is 4.06. The first kappa shape index (κ1) is 20.0. The zero-order valence-corrected chi connectivity index (χ0v) is 15.6. The van der Waals surface area contributed by atoms with Crippen molar-refractivity contribution >= 4 is 21.6 Å². The number of halogens is 3. The van der Waals surface area contributed by atoms with E-state index in [4.69, 9.17) is 4.74 Å². The first-order valence-electron chi connectivity index (χ1n) is 8.25. The number of sulfonamides is 1. The fraction of sp³-hybridized carbons (Fsp3) is 0.278. The minimum atomic E-state index is -5.46. The van der Waals surface area contributed by atoms with Crippen LogP contribution < -0.4 is 9.46 Å². The maximum absolute atomic E-state index is 12.7. The Morgan fingerprint density at radius 2 is 1.82 bits per heavy atom. The summed E-state index contributed by atoms with van der Waals surface area (Å²) in [6.07, 6.45) is 0.655. The Morgan fingerprint density at radius 1 is 1.14 bits per heavy atom. The quantitative estimate of drug-likeness (QED) is 0.816. The van der Waals surface area contributed by atoms with E-state index >= 15 is 0 Å². The number of hydrogen-bond donors (Lipinski definition) is 1. The Hall–Kier alpha value is -2.75. The summed E-state index contributed by atoms with van der Waals surface area (Å²) in [6.45, 7) is 0.748. The van der Waals surface area contributed by atoms with Gasteiger partial charge in [-0.2, -0.15) is 21.6 Å². The highest BCUT2D eigenvalue weighted by atomic mass is 32.2. The van der Waals surface area contributed by atoms with E-state index in [1.165, 1.54) is 29.0 Å². The van der Waals surface area contributed by atoms with Crippen LogP contribution in [0.15, 0.2) is 42.5 Å². The lowest BCUT2D eigenvalue weighted by atomic mass is 9.98. The molecule has 1 aliphatic heterocycles. The second-order valence-electron chi connectivity index (χ2n) is 6.25. The molecule has 0 unspecified atom stereocenters. The Balaban J connectivity index is 1.70. The van der Waals surface area contributed by atoms with Crippen molar-refractivity contribution in [3.8, 4) is 5.75 Å². The summed E-state index contributed by atoms with van der Waals surface area (Å²) in [6, 6.07) is 10.7. The molecule has 0 fully saturated rings. The van der Waals surface area contributed by atoms with Gasteiger partial charge in [-0.15, -0.1) is 0 Å². The van der Waals surface area contributed by atoms with Crippen LogP contribution in [-0.4, -0.2) is 38.4 Å². The Kier molecular flexibility index (Phi) is 5.24. The lowest BCUT2D eigenvalue weighted by molar-refractivity contribution is -0.0429. The number of ether oxygens (including phenoxy) is 1. The number of rotatable bonds is 5. The molecule has 0 saturated carbocycles. The molecule has 1 amide bonds. The number of fused-ring (bicyclic) bond motifs is 1. The summed E-state index contributed by atoms with van der Waals surface area (Å²) >= 11 is 0. The molecule has 0 bridgehead atoms. The van der Waals surface area contributed by atoms with E-state index in [0.29, 0.717) is 29.8 Å². The summed E-state index contributed by atoms with van der Waals surface area (Å²) in [4.78, 5) is 14.3. The molecule has 0 aliphatic carbocycles. The Bertz CT molecular complexity index is 989. The molecular weight excluding hydrogens is 397 g/mol. The van der Waals surface area contributed by atoms with Gasteiger partial charge >= 0.3 is 15.5 Å². The predicted octanol–water partition coefficient (Wildman–Crippen LogP) is 3.16. The van der Waals surface area contributed by atoms with Gasteiger partial charge in [0.15, 0.2) is 0 Å². The molecule has 3 rings (SSSR count). The van der Waals surface area contributed by atoms with Gasteiger partial charge in [-0.25, -0.2) is 0 Å². The number of amides is 1. The minimum absolute atomic E-state index is 0.147. The number of anilines is 1. The van der Waals surface area contributed by atoms with Crippen molar-refractivity contribution in [1.82, 2.24) is 4.90 Å². The van der Waals surface area contributed by atoms with Gasteiger partial charge in [0, 0.05) is 24.3 Å². The number of carbonyl (C=O) groups is 1. The van der Waals surface area contributed by atoms with E-state index in [9.17, 15) is 26.4 Å². The molecule has 150 valence electrons. The van der Waals surface area contributed by atoms with Crippen molar-refractivity contribution in [2.45, 2.75) is 18.5 Å². The van der Waals surface area contributed by atoms with Gasteiger partial charge < -0.3 is 9.64 Å². The number of hydrogen-bond acceptors (Lipinski definition) is 4. The highest BCUT2D eigenvalue weighted by Gasteiger charge is 2.46. The molecule has 10 heteroatoms. The SMILES string of the molecule is COc1ccc2c(c1)CCN(Cc1ccc(NS(=O)(=O)C(F)(F)F)cc1)C2=O. The molecule has 2 aromatic carbocycles. The molecule has 28 heavy (non-hydrogen) atoms. The Labute approximate surface area is 160 Å². The molecule has 0 atom stereocenters. The smallest absolute Gasteiger partial charge is 0.497 e. The lowest BCUT2D eigenvalue weighted by Crippen LogP contribution is -2.37. The van der Waals surface area contributed by atoms with E-state index in [-0.39, 0.29) is 18.1 Å². The first-order chi connectivity index (χ1) is 13.1. The van der Waals surface area contributed by atoms with Crippen molar-refractivity contribution in [2.75, 3.05) is 18.4 Å². The predicted molar refractivity (Wildman–Crippen MR) is 96.5 cm³/mol. The van der Waals surface area contributed by atoms with E-state index in [0.717, 1.165) is 5.56 Å². The molecule has 0 spiro atoms. The number of nitrogens with zero attached hydrogens (tertiary/aromatic N) is 1. The van der Waals surface area contributed by atoms with Crippen molar-refractivity contribution in [3.63, 3.8) is 0 Å². The highest BCUT2D eigenvalue weighted by molar-refractivity contribution is 7.93. The third-order valence-electron chi connectivity index (χ3n) is 4.37. The largest absolute Gasteiger partial charge is 0.516 e. The average Bonchev–Trinajstić information content (AvgIpc) is 2.64. The van der Waals surface area contributed by atoms with Crippen LogP contribution in [0.1, 0.15) is 21.5 Å². The molecule has 6 nitrogen and oxygen atoms in total. The lowest BCUT2D eigenvalue weighted by Gasteiger charge is -2.29. The van der Waals surface area contributed by atoms with Gasteiger partial charge in [-0.05, 0) is 47.9 Å². The molecule has 1 heterocycles. The van der Waals surface area contributed by atoms with Crippen LogP contribution >= 0.6 is 0 Å². The molecular formula is C18H17F3N2O4S. The molecule has 0 saturated heterocycles. The molecule has 2 aromatic rings. The van der Waals surface area contributed by atoms with Crippen molar-refractivity contribution < 1.29 is 31.1 Å². The summed E-state index contributed by atoms with van der Waals surface area (Å²) in [7, 11) is -3.91. The molecule has 0 radical (unpaired) electrons. The van der Waals surface area contributed by atoms with Crippen LogP contribution in [0.3, 0.4) is 0 Å². The summed E-state index contributed by atoms with van der Waals surface area (Å²) in [5.41, 5.74) is -3.44. The van der Waals surface area contributed by atoms with Crippen molar-refractivity contribution in [2.24, 2.45) is 0 Å². The van der Waals surface area contributed by atoms with Gasteiger partial charge in [0.25, 0.3) is 5.91 Å². The van der Waals surface area contributed by atoms with Crippen LogP contribution in [0.4, 0.5) is 18.9 Å². The van der Waals surface area contributed by atoms with E-state index in [1.54, 1.807) is 24.1 Å². The summed E-state index contributed by atoms with van der Waals surface area (Å²) in [5.74, 6) is 0.530. The van der Waals surface area contributed by atoms with Crippen molar-refractivity contribution in [3.05, 3.63) is 59.2 Å². The third-order valence-corrected chi connectivity index (χ3v) is 5.48. The maximum atomic E-state index is 12.7. The van der Waals surface area contributed by atoms with Crippen LogP contribution in [0.2, 0.25) is 0 Å². The summed E-state index contributed by atoms with van der Waals surface area (Å²) in [5, 5.41) is 0. The maximum Gasteiger partial charge on any atom is 0.516 e. The topological polar surface area (TPSA) is 75.7 Å². The van der Waals surface area contributed by atoms with Crippen LogP contribution in [0, 0.1) is 0 Å². The second kappa shape index (κ2) is 7.34. The molecule has 0 aromatic heterocycles. The van der Waals surface area contributed by atoms with Crippen molar-refractivity contribution in [1.29, 1.82) is 0 Å². The van der Waals surface area contributed by atoms with Crippen LogP contribution in [-0.2, 0) is 23.0 Å². The molecule has 1 N–H and O–H groups in total. The molecule has 1 aliphatic rings. The Morgan fingerprint density at radius 3 is 2.43 bits per heavy atom. The van der Waals surface area contributed by atoms with Gasteiger partial charge in [0.05, 0.1) is 7.11 Å². The van der Waals surface area contributed by atoms with Gasteiger partial charge in [0.1, 0.15) is 5.75 Å². The van der Waals surface area contributed by atoms with Crippen LogP contribution in [0.5, 0.6) is 5.75 Å². The van der Waals surface area contributed by atoms with E-state index < -0.39 is 15.5 Å². The average molecular weight is 414 g/mol. The van der Waals surface area contributed by atoms with Gasteiger partial charge in [-0.1, -0.05) is 12.1 Å². The fourth-order valence-corrected chi connectivity index (χ4v) is 3.46. The normalized spacial score (nSPS) is 14.6. The zero-order chi connectivity index (χ0) is 20.5. The second-order valence-corrected chi connectivity index (χ2v) is 7.92.